The van der Waals surface area contributed by atoms with Gasteiger partial charge in [0, 0.05) is 13.5 Å². The van der Waals surface area contributed by atoms with E-state index in [4.69, 9.17) is 9.52 Å². The Balaban J connectivity index is 1.84. The second kappa shape index (κ2) is 7.92. The maximum atomic E-state index is 13.1. The number of carbonyl (C=O) groups excluding carboxylic acids is 1. The molecular formula is C18H19F2NO4. The van der Waals surface area contributed by atoms with E-state index in [1.54, 1.807) is 14.0 Å². The van der Waals surface area contributed by atoms with E-state index in [0.717, 1.165) is 12.1 Å². The van der Waals surface area contributed by atoms with Crippen LogP contribution in [0.15, 0.2) is 28.7 Å². The van der Waals surface area contributed by atoms with Gasteiger partial charge in [-0.25, -0.2) is 13.6 Å². The van der Waals surface area contributed by atoms with E-state index in [1.165, 1.54) is 17.0 Å². The fraction of sp³-hybridized carbons (Fsp3) is 0.333. The molecular weight excluding hydrogens is 332 g/mol. The SMILES string of the molecule is Cc1oc(CN(C)C(=O)CCCc2ccc(F)c(F)c2)cc1C(=O)O. The Morgan fingerprint density at radius 1 is 1.20 bits per heavy atom. The van der Waals surface area contributed by atoms with Crippen LogP contribution in [0.3, 0.4) is 0 Å². The van der Waals surface area contributed by atoms with Crippen LogP contribution in [0.4, 0.5) is 8.78 Å². The van der Waals surface area contributed by atoms with Crippen LogP contribution in [0.25, 0.3) is 0 Å². The summed E-state index contributed by atoms with van der Waals surface area (Å²) in [5.41, 5.74) is 0.705. The first-order valence-corrected chi connectivity index (χ1v) is 7.78. The van der Waals surface area contributed by atoms with Crippen molar-refractivity contribution in [2.24, 2.45) is 0 Å². The highest BCUT2D eigenvalue weighted by molar-refractivity contribution is 5.88. The van der Waals surface area contributed by atoms with Crippen molar-refractivity contribution in [3.8, 4) is 0 Å². The number of aryl methyl sites for hydroxylation is 2. The Morgan fingerprint density at radius 2 is 1.92 bits per heavy atom. The number of benzene rings is 1. The molecule has 2 aromatic rings. The van der Waals surface area contributed by atoms with Gasteiger partial charge in [0.15, 0.2) is 11.6 Å². The third kappa shape index (κ3) is 4.89. The fourth-order valence-corrected chi connectivity index (χ4v) is 2.49. The summed E-state index contributed by atoms with van der Waals surface area (Å²) in [7, 11) is 1.60. The number of hydrogen-bond donors (Lipinski definition) is 1. The molecule has 25 heavy (non-hydrogen) atoms. The first-order chi connectivity index (χ1) is 11.8. The van der Waals surface area contributed by atoms with Crippen LogP contribution in [0, 0.1) is 18.6 Å². The van der Waals surface area contributed by atoms with E-state index < -0.39 is 17.6 Å². The summed E-state index contributed by atoms with van der Waals surface area (Å²) in [5, 5.41) is 8.99. The molecule has 0 aliphatic carbocycles. The Hall–Kier alpha value is -2.70. The quantitative estimate of drug-likeness (QED) is 0.828. The molecule has 0 radical (unpaired) electrons. The minimum absolute atomic E-state index is 0.0779. The zero-order valence-electron chi connectivity index (χ0n) is 14.0. The van der Waals surface area contributed by atoms with Crippen molar-refractivity contribution in [1.82, 2.24) is 4.90 Å². The molecule has 2 rings (SSSR count). The number of furan rings is 1. The van der Waals surface area contributed by atoms with E-state index in [2.05, 4.69) is 0 Å². The molecule has 1 heterocycles. The highest BCUT2D eigenvalue weighted by atomic mass is 19.2. The van der Waals surface area contributed by atoms with Crippen molar-refractivity contribution >= 4 is 11.9 Å². The molecule has 7 heteroatoms. The van der Waals surface area contributed by atoms with Crippen LogP contribution in [0.2, 0.25) is 0 Å². The summed E-state index contributed by atoms with van der Waals surface area (Å²) in [5.74, 6) is -2.33. The fourth-order valence-electron chi connectivity index (χ4n) is 2.49. The van der Waals surface area contributed by atoms with Crippen LogP contribution < -0.4 is 0 Å². The van der Waals surface area contributed by atoms with Crippen LogP contribution in [0.1, 0.15) is 40.3 Å². The van der Waals surface area contributed by atoms with E-state index >= 15 is 0 Å². The molecule has 0 unspecified atom stereocenters. The normalized spacial score (nSPS) is 10.7. The predicted molar refractivity (Wildman–Crippen MR) is 86.2 cm³/mol. The number of aromatic carboxylic acids is 1. The number of carbonyl (C=O) groups is 2. The molecule has 0 saturated carbocycles. The molecule has 0 bridgehead atoms. The van der Waals surface area contributed by atoms with Gasteiger partial charge in [-0.15, -0.1) is 0 Å². The van der Waals surface area contributed by atoms with Crippen LogP contribution in [-0.4, -0.2) is 28.9 Å². The average Bonchev–Trinajstić information content (AvgIpc) is 2.91. The first-order valence-electron chi connectivity index (χ1n) is 7.78. The maximum Gasteiger partial charge on any atom is 0.339 e. The number of halogens is 2. The lowest BCUT2D eigenvalue weighted by atomic mass is 10.1. The second-order valence-corrected chi connectivity index (χ2v) is 5.84. The van der Waals surface area contributed by atoms with Crippen molar-refractivity contribution in [2.75, 3.05) is 7.05 Å². The third-order valence-electron chi connectivity index (χ3n) is 3.86. The molecule has 0 aliphatic heterocycles. The lowest BCUT2D eigenvalue weighted by molar-refractivity contribution is -0.130. The number of amides is 1. The average molecular weight is 351 g/mol. The van der Waals surface area contributed by atoms with Crippen molar-refractivity contribution in [3.63, 3.8) is 0 Å². The summed E-state index contributed by atoms with van der Waals surface area (Å²) >= 11 is 0. The molecule has 1 amide bonds. The molecule has 1 N–H and O–H groups in total. The lowest BCUT2D eigenvalue weighted by Crippen LogP contribution is -2.25. The Kier molecular flexibility index (Phi) is 5.90. The van der Waals surface area contributed by atoms with Gasteiger partial charge in [0.1, 0.15) is 17.1 Å². The van der Waals surface area contributed by atoms with Gasteiger partial charge < -0.3 is 14.4 Å². The molecule has 1 aromatic heterocycles. The van der Waals surface area contributed by atoms with E-state index in [-0.39, 0.29) is 24.4 Å². The minimum atomic E-state index is -1.08. The van der Waals surface area contributed by atoms with Crippen molar-refractivity contribution in [2.45, 2.75) is 32.7 Å². The smallest absolute Gasteiger partial charge is 0.339 e. The van der Waals surface area contributed by atoms with Crippen molar-refractivity contribution in [1.29, 1.82) is 0 Å². The molecule has 1 aromatic carbocycles. The summed E-state index contributed by atoms with van der Waals surface area (Å²) in [6.07, 6.45) is 1.19. The predicted octanol–water partition coefficient (Wildman–Crippen LogP) is 3.55. The first kappa shape index (κ1) is 18.6. The second-order valence-electron chi connectivity index (χ2n) is 5.84. The monoisotopic (exact) mass is 351 g/mol. The molecule has 134 valence electrons. The minimum Gasteiger partial charge on any atom is -0.478 e. The van der Waals surface area contributed by atoms with Gasteiger partial charge in [0.25, 0.3) is 0 Å². The largest absolute Gasteiger partial charge is 0.478 e. The summed E-state index contributed by atoms with van der Waals surface area (Å²) in [6.45, 7) is 1.72. The highest BCUT2D eigenvalue weighted by Crippen LogP contribution is 2.17. The van der Waals surface area contributed by atoms with Gasteiger partial charge in [-0.3, -0.25) is 4.79 Å². The van der Waals surface area contributed by atoms with Crippen LogP contribution in [-0.2, 0) is 17.8 Å². The van der Waals surface area contributed by atoms with E-state index in [9.17, 15) is 18.4 Å². The van der Waals surface area contributed by atoms with E-state index in [1.807, 2.05) is 0 Å². The number of hydrogen-bond acceptors (Lipinski definition) is 3. The highest BCUT2D eigenvalue weighted by Gasteiger charge is 2.16. The zero-order valence-corrected chi connectivity index (χ0v) is 14.0. The Bertz CT molecular complexity index is 785. The van der Waals surface area contributed by atoms with Crippen LogP contribution in [0.5, 0.6) is 0 Å². The van der Waals surface area contributed by atoms with Gasteiger partial charge in [0.2, 0.25) is 5.91 Å². The third-order valence-corrected chi connectivity index (χ3v) is 3.86. The summed E-state index contributed by atoms with van der Waals surface area (Å²) in [6, 6.07) is 5.09. The van der Waals surface area contributed by atoms with Gasteiger partial charge >= 0.3 is 5.97 Å². The molecule has 0 fully saturated rings. The topological polar surface area (TPSA) is 70.8 Å². The number of nitrogens with zero attached hydrogens (tertiary/aromatic N) is 1. The van der Waals surface area contributed by atoms with Crippen molar-refractivity contribution in [3.05, 3.63) is 58.5 Å². The van der Waals surface area contributed by atoms with Gasteiger partial charge in [-0.05, 0) is 43.5 Å². The maximum absolute atomic E-state index is 13.1. The van der Waals surface area contributed by atoms with Gasteiger partial charge in [-0.1, -0.05) is 6.07 Å². The lowest BCUT2D eigenvalue weighted by Gasteiger charge is -2.15. The Labute approximate surface area is 143 Å². The molecule has 0 aliphatic rings. The number of carboxylic acids is 1. The van der Waals surface area contributed by atoms with E-state index in [0.29, 0.717) is 29.9 Å². The van der Waals surface area contributed by atoms with Gasteiger partial charge in [-0.2, -0.15) is 0 Å². The summed E-state index contributed by atoms with van der Waals surface area (Å²) in [4.78, 5) is 24.5. The van der Waals surface area contributed by atoms with Crippen LogP contribution >= 0.6 is 0 Å². The molecule has 5 nitrogen and oxygen atoms in total. The van der Waals surface area contributed by atoms with Crippen molar-refractivity contribution < 1.29 is 27.9 Å². The Morgan fingerprint density at radius 3 is 2.52 bits per heavy atom. The van der Waals surface area contributed by atoms with Gasteiger partial charge in [0.05, 0.1) is 6.54 Å². The number of carboxylic acid groups (broad SMARTS) is 1. The summed E-state index contributed by atoms with van der Waals surface area (Å²) < 4.78 is 31.3. The standard InChI is InChI=1S/C18H19F2NO4/c1-11-14(18(23)24)9-13(25-11)10-21(2)17(22)5-3-4-12-6-7-15(19)16(20)8-12/h6-9H,3-5,10H2,1-2H3,(H,23,24). The molecule has 0 spiro atoms. The molecule has 0 atom stereocenters. The zero-order chi connectivity index (χ0) is 18.6. The number of rotatable bonds is 7. The molecule has 0 saturated heterocycles.